The van der Waals surface area contributed by atoms with Crippen molar-refractivity contribution in [2.75, 3.05) is 7.05 Å². The van der Waals surface area contributed by atoms with Crippen molar-refractivity contribution >= 4 is 22.7 Å². The molecule has 0 saturated carbocycles. The van der Waals surface area contributed by atoms with Gasteiger partial charge >= 0.3 is 0 Å². The van der Waals surface area contributed by atoms with Crippen LogP contribution in [0.2, 0.25) is 0 Å². The van der Waals surface area contributed by atoms with Crippen LogP contribution in [0.1, 0.15) is 48.4 Å². The molecule has 0 aliphatic heterocycles. The van der Waals surface area contributed by atoms with Crippen LogP contribution in [0.4, 0.5) is 8.78 Å². The van der Waals surface area contributed by atoms with Crippen LogP contribution < -0.4 is 10.6 Å². The molecule has 2 amide bonds. The molecule has 3 rings (SSSR count). The summed E-state index contributed by atoms with van der Waals surface area (Å²) in [7, 11) is 1.40. The summed E-state index contributed by atoms with van der Waals surface area (Å²) in [5.41, 5.74) is 2.28. The summed E-state index contributed by atoms with van der Waals surface area (Å²) >= 11 is 0. The average molecular weight is 399 g/mol. The number of carbonyl (C=O) groups excluding carboxylic acids is 2. The SMILES string of the molecule is CNC(=O)C(NC(=O)c1cc2ccc(C(C)(C)C)cc2[nH]1)c1ccc(F)c(F)c1. The van der Waals surface area contributed by atoms with Crippen LogP contribution in [0, 0.1) is 11.6 Å². The maximum absolute atomic E-state index is 13.6. The number of amides is 2. The molecular formula is C22H23F2N3O2. The highest BCUT2D eigenvalue weighted by Gasteiger charge is 2.24. The number of hydrogen-bond donors (Lipinski definition) is 3. The maximum Gasteiger partial charge on any atom is 0.268 e. The zero-order chi connectivity index (χ0) is 21.3. The van der Waals surface area contributed by atoms with Crippen molar-refractivity contribution in [1.29, 1.82) is 0 Å². The summed E-state index contributed by atoms with van der Waals surface area (Å²) in [4.78, 5) is 28.1. The van der Waals surface area contributed by atoms with Gasteiger partial charge in [-0.2, -0.15) is 0 Å². The molecule has 0 saturated heterocycles. The topological polar surface area (TPSA) is 74.0 Å². The Kier molecular flexibility index (Phi) is 5.42. The second-order valence-electron chi connectivity index (χ2n) is 7.93. The van der Waals surface area contributed by atoms with Gasteiger partial charge in [0.2, 0.25) is 5.91 Å². The zero-order valence-corrected chi connectivity index (χ0v) is 16.7. The first-order valence-corrected chi connectivity index (χ1v) is 9.21. The number of halogens is 2. The largest absolute Gasteiger partial charge is 0.357 e. The van der Waals surface area contributed by atoms with E-state index < -0.39 is 29.5 Å². The molecule has 1 heterocycles. The molecule has 3 N–H and O–H groups in total. The molecule has 152 valence electrons. The summed E-state index contributed by atoms with van der Waals surface area (Å²) in [6.07, 6.45) is 0. The van der Waals surface area contributed by atoms with Gasteiger partial charge in [0.25, 0.3) is 5.91 Å². The van der Waals surface area contributed by atoms with E-state index in [2.05, 4.69) is 36.4 Å². The van der Waals surface area contributed by atoms with Crippen LogP contribution >= 0.6 is 0 Å². The standard InChI is InChI=1S/C22H23F2N3O2/c1-22(2,3)14-7-5-12-10-18(26-17(12)11-14)20(28)27-19(21(29)25-4)13-6-8-15(23)16(24)9-13/h5-11,19,26H,1-4H3,(H,25,29)(H,27,28). The summed E-state index contributed by atoms with van der Waals surface area (Å²) in [6.45, 7) is 6.29. The average Bonchev–Trinajstić information content (AvgIpc) is 3.10. The molecular weight excluding hydrogens is 376 g/mol. The smallest absolute Gasteiger partial charge is 0.268 e. The molecule has 0 spiro atoms. The molecule has 29 heavy (non-hydrogen) atoms. The van der Waals surface area contributed by atoms with Gasteiger partial charge < -0.3 is 15.6 Å². The van der Waals surface area contributed by atoms with Gasteiger partial charge in [0.05, 0.1) is 0 Å². The Bertz CT molecular complexity index is 1080. The number of aromatic amines is 1. The third-order valence-corrected chi connectivity index (χ3v) is 4.79. The number of rotatable bonds is 4. The quantitative estimate of drug-likeness (QED) is 0.621. The molecule has 0 aliphatic rings. The van der Waals surface area contributed by atoms with E-state index in [9.17, 15) is 18.4 Å². The molecule has 0 aliphatic carbocycles. The Hall–Kier alpha value is -3.22. The normalized spacial score (nSPS) is 12.6. The van der Waals surface area contributed by atoms with Gasteiger partial charge in [-0.05, 0) is 40.8 Å². The molecule has 0 bridgehead atoms. The van der Waals surface area contributed by atoms with Crippen LogP contribution in [0.25, 0.3) is 10.9 Å². The fraction of sp³-hybridized carbons (Fsp3) is 0.273. The van der Waals surface area contributed by atoms with Crippen molar-refractivity contribution in [3.05, 3.63) is 70.9 Å². The minimum absolute atomic E-state index is 0.0430. The van der Waals surface area contributed by atoms with Crippen LogP contribution in [0.5, 0.6) is 0 Å². The lowest BCUT2D eigenvalue weighted by Crippen LogP contribution is -2.39. The number of nitrogens with one attached hydrogen (secondary N) is 3. The fourth-order valence-corrected chi connectivity index (χ4v) is 3.06. The molecule has 2 aromatic carbocycles. The number of hydrogen-bond acceptors (Lipinski definition) is 2. The lowest BCUT2D eigenvalue weighted by atomic mass is 9.87. The highest BCUT2D eigenvalue weighted by molar-refractivity contribution is 6.00. The first-order valence-electron chi connectivity index (χ1n) is 9.21. The van der Waals surface area contributed by atoms with Gasteiger partial charge in [0.15, 0.2) is 11.6 Å². The van der Waals surface area contributed by atoms with Crippen molar-refractivity contribution in [1.82, 2.24) is 15.6 Å². The van der Waals surface area contributed by atoms with Crippen molar-refractivity contribution in [2.24, 2.45) is 0 Å². The van der Waals surface area contributed by atoms with Crippen molar-refractivity contribution in [3.63, 3.8) is 0 Å². The van der Waals surface area contributed by atoms with Gasteiger partial charge in [0.1, 0.15) is 11.7 Å². The number of benzene rings is 2. The minimum atomic E-state index is -1.17. The molecule has 1 aromatic heterocycles. The van der Waals surface area contributed by atoms with Crippen LogP contribution in [-0.4, -0.2) is 23.8 Å². The predicted octanol–water partition coefficient (Wildman–Crippen LogP) is 3.96. The highest BCUT2D eigenvalue weighted by atomic mass is 19.2. The summed E-state index contributed by atoms with van der Waals surface area (Å²) in [6, 6.07) is 9.51. The van der Waals surface area contributed by atoms with E-state index in [4.69, 9.17) is 0 Å². The maximum atomic E-state index is 13.6. The number of H-pyrrole nitrogens is 1. The van der Waals surface area contributed by atoms with E-state index in [0.717, 1.165) is 28.6 Å². The number of carbonyl (C=O) groups is 2. The molecule has 0 radical (unpaired) electrons. The predicted molar refractivity (Wildman–Crippen MR) is 108 cm³/mol. The zero-order valence-electron chi connectivity index (χ0n) is 16.7. The van der Waals surface area contributed by atoms with E-state index in [-0.39, 0.29) is 16.7 Å². The number of likely N-dealkylation sites (N-methyl/N-ethyl adjacent to an activating group) is 1. The fourth-order valence-electron chi connectivity index (χ4n) is 3.06. The molecule has 7 heteroatoms. The minimum Gasteiger partial charge on any atom is -0.357 e. The Morgan fingerprint density at radius 2 is 1.72 bits per heavy atom. The first-order chi connectivity index (χ1) is 13.6. The molecule has 1 unspecified atom stereocenters. The van der Waals surface area contributed by atoms with Crippen molar-refractivity contribution in [3.8, 4) is 0 Å². The van der Waals surface area contributed by atoms with Crippen LogP contribution in [0.15, 0.2) is 42.5 Å². The lowest BCUT2D eigenvalue weighted by molar-refractivity contribution is -0.122. The molecule has 1 atom stereocenters. The van der Waals surface area contributed by atoms with Gasteiger partial charge in [-0.3, -0.25) is 9.59 Å². The Balaban J connectivity index is 1.91. The van der Waals surface area contributed by atoms with Crippen molar-refractivity contribution < 1.29 is 18.4 Å². The first kappa shape index (κ1) is 20.5. The van der Waals surface area contributed by atoms with Crippen molar-refractivity contribution in [2.45, 2.75) is 32.2 Å². The summed E-state index contributed by atoms with van der Waals surface area (Å²) < 4.78 is 26.9. The van der Waals surface area contributed by atoms with E-state index in [1.54, 1.807) is 6.07 Å². The lowest BCUT2D eigenvalue weighted by Gasteiger charge is -2.18. The monoisotopic (exact) mass is 399 g/mol. The number of fused-ring (bicyclic) bond motifs is 1. The Labute approximate surface area is 167 Å². The van der Waals surface area contributed by atoms with E-state index in [1.807, 2.05) is 18.2 Å². The Morgan fingerprint density at radius 1 is 1.00 bits per heavy atom. The number of aromatic nitrogens is 1. The summed E-state index contributed by atoms with van der Waals surface area (Å²) in [5.74, 6) is -3.20. The van der Waals surface area contributed by atoms with E-state index >= 15 is 0 Å². The molecule has 3 aromatic rings. The second-order valence-corrected chi connectivity index (χ2v) is 7.93. The van der Waals surface area contributed by atoms with E-state index in [0.29, 0.717) is 0 Å². The van der Waals surface area contributed by atoms with Gasteiger partial charge in [-0.1, -0.05) is 39.0 Å². The van der Waals surface area contributed by atoms with E-state index in [1.165, 1.54) is 13.1 Å². The third-order valence-electron chi connectivity index (χ3n) is 4.79. The van der Waals surface area contributed by atoms with Crippen LogP contribution in [0.3, 0.4) is 0 Å². The van der Waals surface area contributed by atoms with Gasteiger partial charge in [-0.25, -0.2) is 8.78 Å². The van der Waals surface area contributed by atoms with Crippen LogP contribution in [-0.2, 0) is 10.2 Å². The van der Waals surface area contributed by atoms with Gasteiger partial charge in [-0.15, -0.1) is 0 Å². The Morgan fingerprint density at radius 3 is 2.34 bits per heavy atom. The highest BCUT2D eigenvalue weighted by Crippen LogP contribution is 2.26. The summed E-state index contributed by atoms with van der Waals surface area (Å²) in [5, 5.41) is 5.86. The van der Waals surface area contributed by atoms with Gasteiger partial charge in [0, 0.05) is 18.0 Å². The second kappa shape index (κ2) is 7.66. The molecule has 5 nitrogen and oxygen atoms in total. The molecule has 0 fully saturated rings. The third kappa shape index (κ3) is 4.29.